The van der Waals surface area contributed by atoms with Crippen LogP contribution in [-0.2, 0) is 13.1 Å². The van der Waals surface area contributed by atoms with E-state index < -0.39 is 0 Å². The van der Waals surface area contributed by atoms with Crippen LogP contribution in [0.1, 0.15) is 57.2 Å². The summed E-state index contributed by atoms with van der Waals surface area (Å²) in [6.45, 7) is 6.67. The van der Waals surface area contributed by atoms with Gasteiger partial charge in [-0.05, 0) is 50.8 Å². The van der Waals surface area contributed by atoms with Crippen molar-refractivity contribution in [2.75, 3.05) is 13.2 Å². The third-order valence-corrected chi connectivity index (χ3v) is 6.02. The summed E-state index contributed by atoms with van der Waals surface area (Å²) in [6.07, 6.45) is 8.59. The molecule has 1 N–H and O–H groups in total. The number of aliphatic hydroxyl groups excluding tert-OH is 1. The van der Waals surface area contributed by atoms with Gasteiger partial charge in [0.25, 0.3) is 0 Å². The van der Waals surface area contributed by atoms with Gasteiger partial charge in [-0.15, -0.1) is 0 Å². The molecule has 3 rings (SSSR count). The normalized spacial score (nSPS) is 16.2. The average molecular weight is 373 g/mol. The number of aliphatic hydroxyl groups is 1. The van der Waals surface area contributed by atoms with E-state index >= 15 is 0 Å². The van der Waals surface area contributed by atoms with Gasteiger partial charge in [0.05, 0.1) is 13.2 Å². The number of rotatable bonds is 8. The molecule has 0 aliphatic heterocycles. The maximum absolute atomic E-state index is 14.1. The summed E-state index contributed by atoms with van der Waals surface area (Å²) in [5, 5.41) is 9.97. The number of hydrogen-bond acceptors (Lipinski definition) is 2. The Kier molecular flexibility index (Phi) is 6.72. The fraction of sp³-hybridized carbons (Fsp3) is 0.565. The Bertz CT molecular complexity index is 719. The predicted molar refractivity (Wildman–Crippen MR) is 108 cm³/mol. The Morgan fingerprint density at radius 1 is 1.11 bits per heavy atom. The van der Waals surface area contributed by atoms with Crippen LogP contribution in [0.25, 0.3) is 0 Å². The smallest absolute Gasteiger partial charge is 0.128 e. The van der Waals surface area contributed by atoms with Gasteiger partial charge in [0, 0.05) is 36.1 Å². The van der Waals surface area contributed by atoms with Gasteiger partial charge in [0.2, 0.25) is 0 Å². The number of aromatic nitrogens is 1. The first kappa shape index (κ1) is 20.1. The van der Waals surface area contributed by atoms with Crippen molar-refractivity contribution in [3.63, 3.8) is 0 Å². The zero-order valence-corrected chi connectivity index (χ0v) is 16.7. The third-order valence-electron chi connectivity index (χ3n) is 6.02. The topological polar surface area (TPSA) is 28.4 Å². The zero-order chi connectivity index (χ0) is 19.3. The second-order valence-corrected chi connectivity index (χ2v) is 8.57. The van der Waals surface area contributed by atoms with Crippen LogP contribution >= 0.6 is 0 Å². The summed E-state index contributed by atoms with van der Waals surface area (Å²) in [6, 6.07) is 11.1. The highest BCUT2D eigenvalue weighted by Crippen LogP contribution is 2.28. The van der Waals surface area contributed by atoms with E-state index in [0.717, 1.165) is 18.8 Å². The number of nitrogens with zero attached hydrogens (tertiary/aromatic N) is 2. The summed E-state index contributed by atoms with van der Waals surface area (Å²) < 4.78 is 16.2. The van der Waals surface area contributed by atoms with E-state index in [1.54, 1.807) is 6.07 Å². The van der Waals surface area contributed by atoms with E-state index in [-0.39, 0.29) is 18.0 Å². The number of hydrogen-bond donors (Lipinski definition) is 1. The third kappa shape index (κ3) is 5.20. The van der Waals surface area contributed by atoms with E-state index in [2.05, 4.69) is 29.4 Å². The van der Waals surface area contributed by atoms with Gasteiger partial charge in [-0.1, -0.05) is 37.5 Å². The quantitative estimate of drug-likeness (QED) is 0.719. The standard InChI is InChI=1S/C23H33FN2O/c1-23(2,18-27)26(15-19-9-4-3-5-10-19)17-21-12-8-14-25(21)16-20-11-6-7-13-22(20)24/h6-8,11-14,19,27H,3-5,9-10,15-18H2,1-2H3. The van der Waals surface area contributed by atoms with Crippen molar-refractivity contribution in [1.82, 2.24) is 9.47 Å². The minimum absolute atomic E-state index is 0.133. The number of halogens is 1. The Balaban J connectivity index is 1.75. The molecule has 0 unspecified atom stereocenters. The lowest BCUT2D eigenvalue weighted by Crippen LogP contribution is -2.48. The Labute approximate surface area is 162 Å². The molecule has 3 nitrogen and oxygen atoms in total. The largest absolute Gasteiger partial charge is 0.394 e. The molecule has 1 fully saturated rings. The van der Waals surface area contributed by atoms with Crippen molar-refractivity contribution in [2.45, 2.75) is 64.6 Å². The lowest BCUT2D eigenvalue weighted by molar-refractivity contribution is 0.0311. The molecule has 1 aromatic heterocycles. The van der Waals surface area contributed by atoms with Crippen molar-refractivity contribution >= 4 is 0 Å². The zero-order valence-electron chi connectivity index (χ0n) is 16.7. The summed E-state index contributed by atoms with van der Waals surface area (Å²) in [7, 11) is 0. The van der Waals surface area contributed by atoms with Crippen LogP contribution in [0.15, 0.2) is 42.6 Å². The minimum atomic E-state index is -0.273. The van der Waals surface area contributed by atoms with Gasteiger partial charge in [-0.3, -0.25) is 4.90 Å². The second-order valence-electron chi connectivity index (χ2n) is 8.57. The lowest BCUT2D eigenvalue weighted by Gasteiger charge is -2.40. The molecule has 0 amide bonds. The van der Waals surface area contributed by atoms with E-state index in [9.17, 15) is 9.50 Å². The van der Waals surface area contributed by atoms with Crippen LogP contribution in [0.3, 0.4) is 0 Å². The molecule has 148 valence electrons. The van der Waals surface area contributed by atoms with Crippen LogP contribution in [0.4, 0.5) is 4.39 Å². The molecule has 1 heterocycles. The fourth-order valence-electron chi connectivity index (χ4n) is 4.06. The molecule has 0 bridgehead atoms. The summed E-state index contributed by atoms with van der Waals surface area (Å²) in [4.78, 5) is 2.41. The van der Waals surface area contributed by atoms with E-state index in [4.69, 9.17) is 0 Å². The molecule has 1 aliphatic rings. The van der Waals surface area contributed by atoms with Gasteiger partial charge in [-0.25, -0.2) is 4.39 Å². The number of benzene rings is 1. The Morgan fingerprint density at radius 2 is 1.85 bits per heavy atom. The molecule has 1 saturated carbocycles. The molecule has 0 atom stereocenters. The van der Waals surface area contributed by atoms with Crippen molar-refractivity contribution in [3.05, 3.63) is 59.7 Å². The Hall–Kier alpha value is -1.65. The summed E-state index contributed by atoms with van der Waals surface area (Å²) >= 11 is 0. The highest BCUT2D eigenvalue weighted by atomic mass is 19.1. The first-order chi connectivity index (χ1) is 13.0. The van der Waals surface area contributed by atoms with Gasteiger partial charge in [0.15, 0.2) is 0 Å². The van der Waals surface area contributed by atoms with Gasteiger partial charge < -0.3 is 9.67 Å². The highest BCUT2D eigenvalue weighted by Gasteiger charge is 2.29. The van der Waals surface area contributed by atoms with Crippen molar-refractivity contribution in [3.8, 4) is 0 Å². The van der Waals surface area contributed by atoms with E-state index in [0.29, 0.717) is 18.0 Å². The Morgan fingerprint density at radius 3 is 2.56 bits per heavy atom. The molecular weight excluding hydrogens is 339 g/mol. The maximum Gasteiger partial charge on any atom is 0.128 e. The average Bonchev–Trinajstić information content (AvgIpc) is 3.11. The van der Waals surface area contributed by atoms with Crippen LogP contribution in [0.5, 0.6) is 0 Å². The van der Waals surface area contributed by atoms with Crippen LogP contribution < -0.4 is 0 Å². The van der Waals surface area contributed by atoms with Gasteiger partial charge in [-0.2, -0.15) is 0 Å². The van der Waals surface area contributed by atoms with Gasteiger partial charge >= 0.3 is 0 Å². The molecular formula is C23H33FN2O. The predicted octanol–water partition coefficient (Wildman–Crippen LogP) is 4.83. The SMILES string of the molecule is CC(C)(CO)N(Cc1cccn1Cc1ccccc1F)CC1CCCCC1. The van der Waals surface area contributed by atoms with Crippen molar-refractivity contribution in [2.24, 2.45) is 5.92 Å². The maximum atomic E-state index is 14.1. The molecule has 1 aliphatic carbocycles. The molecule has 0 radical (unpaired) electrons. The molecule has 0 spiro atoms. The minimum Gasteiger partial charge on any atom is -0.394 e. The molecule has 1 aromatic carbocycles. The molecule has 4 heteroatoms. The summed E-state index contributed by atoms with van der Waals surface area (Å²) in [5.74, 6) is 0.548. The van der Waals surface area contributed by atoms with Crippen molar-refractivity contribution < 1.29 is 9.50 Å². The van der Waals surface area contributed by atoms with Crippen LogP contribution in [-0.4, -0.2) is 33.3 Å². The first-order valence-electron chi connectivity index (χ1n) is 10.2. The van der Waals surface area contributed by atoms with Gasteiger partial charge in [0.1, 0.15) is 5.82 Å². The fourth-order valence-corrected chi connectivity index (χ4v) is 4.06. The monoisotopic (exact) mass is 372 g/mol. The molecule has 0 saturated heterocycles. The van der Waals surface area contributed by atoms with Crippen molar-refractivity contribution in [1.29, 1.82) is 0 Å². The molecule has 2 aromatic rings. The van der Waals surface area contributed by atoms with Crippen LogP contribution in [0.2, 0.25) is 0 Å². The van der Waals surface area contributed by atoms with Crippen LogP contribution in [0, 0.1) is 11.7 Å². The first-order valence-corrected chi connectivity index (χ1v) is 10.2. The molecule has 27 heavy (non-hydrogen) atoms. The van der Waals surface area contributed by atoms with E-state index in [1.165, 1.54) is 38.2 Å². The summed E-state index contributed by atoms with van der Waals surface area (Å²) in [5.41, 5.74) is 1.59. The lowest BCUT2D eigenvalue weighted by atomic mass is 9.87. The second kappa shape index (κ2) is 9.03. The highest BCUT2D eigenvalue weighted by molar-refractivity contribution is 5.19. The van der Waals surface area contributed by atoms with E-state index in [1.807, 2.05) is 24.4 Å².